The summed E-state index contributed by atoms with van der Waals surface area (Å²) in [5.74, 6) is 0.0237. The largest absolute Gasteiger partial charge is 0.460 e. The molecule has 8 heteroatoms. The summed E-state index contributed by atoms with van der Waals surface area (Å²) in [6, 6.07) is 16.3. The Morgan fingerprint density at radius 3 is 2.77 bits per heavy atom. The van der Waals surface area contributed by atoms with Crippen LogP contribution < -0.4 is 5.49 Å². The molecule has 0 saturated carbocycles. The van der Waals surface area contributed by atoms with Crippen molar-refractivity contribution in [1.29, 1.82) is 0 Å². The minimum Gasteiger partial charge on any atom is -0.460 e. The van der Waals surface area contributed by atoms with Crippen molar-refractivity contribution in [3.63, 3.8) is 0 Å². The molecule has 7 nitrogen and oxygen atoms in total. The van der Waals surface area contributed by atoms with Gasteiger partial charge in [-0.2, -0.15) is 0 Å². The van der Waals surface area contributed by atoms with Crippen molar-refractivity contribution in [3.05, 3.63) is 81.9 Å². The molecule has 0 saturated heterocycles. The molecule has 0 fully saturated rings. The minimum atomic E-state index is -0.409. The second-order valence-corrected chi connectivity index (χ2v) is 7.43. The Morgan fingerprint density at radius 1 is 1.20 bits per heavy atom. The molecule has 152 valence electrons. The second-order valence-electron chi connectivity index (χ2n) is 6.58. The lowest BCUT2D eigenvalue weighted by Crippen LogP contribution is -2.24. The van der Waals surface area contributed by atoms with Crippen LogP contribution >= 0.6 is 15.9 Å². The van der Waals surface area contributed by atoms with Gasteiger partial charge in [0, 0.05) is 16.2 Å². The highest BCUT2D eigenvalue weighted by Crippen LogP contribution is 2.29. The molecule has 0 atom stereocenters. The van der Waals surface area contributed by atoms with E-state index in [0.29, 0.717) is 29.1 Å². The lowest BCUT2D eigenvalue weighted by atomic mass is 10.1. The zero-order chi connectivity index (χ0) is 21.1. The van der Waals surface area contributed by atoms with Crippen molar-refractivity contribution in [3.8, 4) is 11.5 Å². The number of pyridine rings is 1. The maximum Gasteiger partial charge on any atom is 0.338 e. The van der Waals surface area contributed by atoms with Crippen molar-refractivity contribution in [2.75, 3.05) is 6.61 Å². The average molecular weight is 468 g/mol. The summed E-state index contributed by atoms with van der Waals surface area (Å²) < 4.78 is 13.8. The molecule has 2 aromatic carbocycles. The summed E-state index contributed by atoms with van der Waals surface area (Å²) in [6.45, 7) is 2.38. The Bertz CT molecular complexity index is 1280. The van der Waals surface area contributed by atoms with Crippen LogP contribution in [0.25, 0.3) is 22.6 Å². The number of aromatic nitrogens is 2. The maximum atomic E-state index is 12.1. The summed E-state index contributed by atoms with van der Waals surface area (Å²) in [6.07, 6.45) is 1.70. The highest BCUT2D eigenvalue weighted by Gasteiger charge is 2.15. The summed E-state index contributed by atoms with van der Waals surface area (Å²) in [5.41, 5.74) is 3.46. The normalized spacial score (nSPS) is 11.7. The van der Waals surface area contributed by atoms with E-state index in [9.17, 15) is 10.0 Å². The van der Waals surface area contributed by atoms with Crippen molar-refractivity contribution in [2.24, 2.45) is 5.16 Å². The molecule has 0 aliphatic heterocycles. The number of fused-ring (bicyclic) bond motifs is 1. The highest BCUT2D eigenvalue weighted by atomic mass is 79.9. The van der Waals surface area contributed by atoms with Crippen LogP contribution in [0.1, 0.15) is 15.9 Å². The zero-order valence-electron chi connectivity index (χ0n) is 16.1. The van der Waals surface area contributed by atoms with Crippen LogP contribution in [0.2, 0.25) is 0 Å². The van der Waals surface area contributed by atoms with E-state index in [0.717, 1.165) is 15.6 Å². The predicted molar refractivity (Wildman–Crippen MR) is 114 cm³/mol. The molecule has 2 aromatic heterocycles. The van der Waals surface area contributed by atoms with Gasteiger partial charge in [0.2, 0.25) is 11.4 Å². The molecule has 1 N–H and O–H groups in total. The first-order valence-electron chi connectivity index (χ1n) is 9.24. The van der Waals surface area contributed by atoms with E-state index in [1.54, 1.807) is 41.1 Å². The van der Waals surface area contributed by atoms with E-state index in [2.05, 4.69) is 26.1 Å². The fraction of sp³-hybridized carbons (Fsp3) is 0.136. The van der Waals surface area contributed by atoms with E-state index >= 15 is 0 Å². The van der Waals surface area contributed by atoms with Gasteiger partial charge in [-0.15, -0.1) is 0 Å². The van der Waals surface area contributed by atoms with Gasteiger partial charge >= 0.3 is 5.97 Å². The summed E-state index contributed by atoms with van der Waals surface area (Å²) in [5, 5.41) is 13.0. The number of esters is 1. The monoisotopic (exact) mass is 467 g/mol. The Hall–Kier alpha value is -3.39. The number of halogens is 1. The molecule has 0 unspecified atom stereocenters. The quantitative estimate of drug-likeness (QED) is 0.264. The van der Waals surface area contributed by atoms with Crippen LogP contribution in [-0.4, -0.2) is 27.3 Å². The van der Waals surface area contributed by atoms with Crippen LogP contribution in [0.5, 0.6) is 0 Å². The van der Waals surface area contributed by atoms with E-state index < -0.39 is 5.97 Å². The lowest BCUT2D eigenvalue weighted by Gasteiger charge is -2.08. The van der Waals surface area contributed by atoms with Gasteiger partial charge in [-0.3, -0.25) is 0 Å². The van der Waals surface area contributed by atoms with Gasteiger partial charge in [0.1, 0.15) is 6.61 Å². The average Bonchev–Trinajstić information content (AvgIpc) is 3.20. The third-order valence-electron chi connectivity index (χ3n) is 4.71. The number of rotatable bonds is 5. The first-order chi connectivity index (χ1) is 14.6. The fourth-order valence-corrected chi connectivity index (χ4v) is 3.47. The van der Waals surface area contributed by atoms with Gasteiger partial charge in [-0.25, -0.2) is 9.78 Å². The number of ether oxygens (including phenoxy) is 1. The van der Waals surface area contributed by atoms with Gasteiger partial charge in [-0.05, 0) is 42.8 Å². The number of carbonyl (C=O) groups is 1. The summed E-state index contributed by atoms with van der Waals surface area (Å²) >= 11 is 3.51. The molecule has 0 radical (unpaired) electrons. The standard InChI is InChI=1S/C22H18BrN3O4/c1-14-16(8-5-9-17(14)23)21-24-19-18(30-21)10-11-26(20(19)25-28)12-13-29-22(27)15-6-3-2-4-7-15/h2-11,28H,12-13H2,1H3/b25-20-. The second kappa shape index (κ2) is 8.54. The van der Waals surface area contributed by atoms with Gasteiger partial charge in [0.05, 0.1) is 12.1 Å². The molecule has 0 aliphatic carbocycles. The van der Waals surface area contributed by atoms with Crippen LogP contribution in [-0.2, 0) is 11.3 Å². The van der Waals surface area contributed by atoms with E-state index in [1.165, 1.54) is 0 Å². The Balaban J connectivity index is 1.59. The molecule has 0 spiro atoms. The topological polar surface area (TPSA) is 89.9 Å². The van der Waals surface area contributed by atoms with Crippen molar-refractivity contribution >= 4 is 33.0 Å². The molecule has 2 heterocycles. The number of carbonyl (C=O) groups excluding carboxylic acids is 1. The molecule has 0 amide bonds. The minimum absolute atomic E-state index is 0.113. The van der Waals surface area contributed by atoms with E-state index in [1.807, 2.05) is 31.2 Å². The number of hydrogen-bond donors (Lipinski definition) is 1. The van der Waals surface area contributed by atoms with Gasteiger partial charge in [0.25, 0.3) is 0 Å². The van der Waals surface area contributed by atoms with Gasteiger partial charge in [-0.1, -0.05) is 45.4 Å². The molecule has 0 aliphatic rings. The molecular weight excluding hydrogens is 450 g/mol. The Labute approximate surface area is 180 Å². The summed E-state index contributed by atoms with van der Waals surface area (Å²) in [7, 11) is 0. The molecular formula is C22H18BrN3O4. The van der Waals surface area contributed by atoms with Crippen molar-refractivity contribution < 1.29 is 19.2 Å². The maximum absolute atomic E-state index is 12.1. The fourth-order valence-electron chi connectivity index (χ4n) is 3.10. The van der Waals surface area contributed by atoms with Crippen LogP contribution in [0.4, 0.5) is 0 Å². The molecule has 30 heavy (non-hydrogen) atoms. The first-order valence-corrected chi connectivity index (χ1v) is 10.0. The third kappa shape index (κ3) is 3.86. The first kappa shape index (κ1) is 19.9. The predicted octanol–water partition coefficient (Wildman–Crippen LogP) is 4.51. The summed E-state index contributed by atoms with van der Waals surface area (Å²) in [4.78, 5) is 16.6. The molecule has 0 bridgehead atoms. The smallest absolute Gasteiger partial charge is 0.338 e. The van der Waals surface area contributed by atoms with Crippen molar-refractivity contribution in [1.82, 2.24) is 9.55 Å². The van der Waals surface area contributed by atoms with Gasteiger partial charge < -0.3 is 18.9 Å². The Morgan fingerprint density at radius 2 is 2.00 bits per heavy atom. The number of hydrogen-bond acceptors (Lipinski definition) is 6. The van der Waals surface area contributed by atoms with Crippen molar-refractivity contribution in [2.45, 2.75) is 13.5 Å². The van der Waals surface area contributed by atoms with E-state index in [4.69, 9.17) is 9.15 Å². The van der Waals surface area contributed by atoms with Crippen LogP contribution in [0, 0.1) is 6.92 Å². The molecule has 4 aromatic rings. The van der Waals surface area contributed by atoms with Crippen LogP contribution in [0.3, 0.4) is 0 Å². The Kier molecular flexibility index (Phi) is 5.67. The van der Waals surface area contributed by atoms with E-state index in [-0.39, 0.29) is 12.1 Å². The number of oxazole rings is 1. The SMILES string of the molecule is Cc1c(Br)cccc1-c1nc2/c(=N/O)n(CCOC(=O)c3ccccc3)ccc2o1. The van der Waals surface area contributed by atoms with Crippen LogP contribution in [0.15, 0.2) is 74.8 Å². The highest BCUT2D eigenvalue weighted by molar-refractivity contribution is 9.10. The zero-order valence-corrected chi connectivity index (χ0v) is 17.7. The number of nitrogens with zero attached hydrogens (tertiary/aromatic N) is 3. The third-order valence-corrected chi connectivity index (χ3v) is 5.57. The lowest BCUT2D eigenvalue weighted by molar-refractivity contribution is 0.0489. The van der Waals surface area contributed by atoms with Gasteiger partial charge in [0.15, 0.2) is 11.1 Å². The molecule has 4 rings (SSSR count). The number of benzene rings is 2.